The van der Waals surface area contributed by atoms with E-state index >= 15 is 0 Å². The molecule has 2 rings (SSSR count). The van der Waals surface area contributed by atoms with Crippen molar-refractivity contribution in [3.05, 3.63) is 38.6 Å². The number of aromatic hydroxyl groups is 1. The Hall–Kier alpha value is -2.35. The zero-order chi connectivity index (χ0) is 17.3. The maximum atomic E-state index is 12.4. The molecule has 0 saturated carbocycles. The Morgan fingerprint density at radius 1 is 1.39 bits per heavy atom. The molecule has 122 valence electrons. The van der Waals surface area contributed by atoms with Gasteiger partial charge in [-0.2, -0.15) is 0 Å². The van der Waals surface area contributed by atoms with E-state index in [1.165, 1.54) is 25.6 Å². The average molecular weight is 383 g/mol. The maximum absolute atomic E-state index is 12.4. The van der Waals surface area contributed by atoms with Crippen molar-refractivity contribution < 1.29 is 19.4 Å². The average Bonchev–Trinajstić information content (AvgIpc) is 2.51. The number of nitrogens with one attached hydrogen (secondary N) is 1. The highest BCUT2D eigenvalue weighted by Gasteiger charge is 2.24. The van der Waals surface area contributed by atoms with E-state index in [4.69, 9.17) is 0 Å². The van der Waals surface area contributed by atoms with Crippen LogP contribution in [0.5, 0.6) is 5.75 Å². The molecule has 2 N–H and O–H groups in total. The number of esters is 1. The Kier molecular flexibility index (Phi) is 4.74. The van der Waals surface area contributed by atoms with E-state index in [1.807, 2.05) is 0 Å². The lowest BCUT2D eigenvalue weighted by Crippen LogP contribution is -2.41. The lowest BCUT2D eigenvalue weighted by atomic mass is 10.1. The van der Waals surface area contributed by atoms with Gasteiger partial charge in [-0.3, -0.25) is 9.59 Å². The van der Waals surface area contributed by atoms with Gasteiger partial charge in [0.2, 0.25) is 0 Å². The number of methoxy groups -OCH3 is 1. The van der Waals surface area contributed by atoms with Gasteiger partial charge in [0.05, 0.1) is 12.6 Å². The number of pyridine rings is 1. The Morgan fingerprint density at radius 2 is 2.04 bits per heavy atom. The van der Waals surface area contributed by atoms with E-state index in [0.717, 1.165) is 4.47 Å². The summed E-state index contributed by atoms with van der Waals surface area (Å²) < 4.78 is 6.51. The number of aromatic nitrogens is 1. The number of carbonyl (C=O) groups excluding carboxylic acids is 2. The van der Waals surface area contributed by atoms with Crippen molar-refractivity contribution in [1.29, 1.82) is 0 Å². The number of hydrogen-bond donors (Lipinski definition) is 2. The van der Waals surface area contributed by atoms with Crippen LogP contribution in [-0.2, 0) is 16.6 Å². The monoisotopic (exact) mass is 382 g/mol. The SMILES string of the molecule is COC(=O)C(C)NC(=O)c1c(O)c2ccc(Br)cc2n(C)c1=O. The first kappa shape index (κ1) is 17.0. The summed E-state index contributed by atoms with van der Waals surface area (Å²) in [4.78, 5) is 36.0. The number of fused-ring (bicyclic) bond motifs is 1. The Balaban J connectivity index is 2.58. The molecule has 1 aromatic heterocycles. The minimum atomic E-state index is -0.947. The number of nitrogens with zero attached hydrogens (tertiary/aromatic N) is 1. The maximum Gasteiger partial charge on any atom is 0.328 e. The van der Waals surface area contributed by atoms with Gasteiger partial charge in [0.1, 0.15) is 17.4 Å². The van der Waals surface area contributed by atoms with Crippen LogP contribution in [0.1, 0.15) is 17.3 Å². The fourth-order valence-corrected chi connectivity index (χ4v) is 2.55. The smallest absolute Gasteiger partial charge is 0.328 e. The first-order valence-corrected chi connectivity index (χ1v) is 7.47. The zero-order valence-electron chi connectivity index (χ0n) is 12.7. The largest absolute Gasteiger partial charge is 0.506 e. The highest BCUT2D eigenvalue weighted by atomic mass is 79.9. The molecule has 1 heterocycles. The van der Waals surface area contributed by atoms with Gasteiger partial charge in [-0.05, 0) is 25.1 Å². The summed E-state index contributed by atoms with van der Waals surface area (Å²) in [6.07, 6.45) is 0. The fraction of sp³-hybridized carbons (Fsp3) is 0.267. The number of benzene rings is 1. The van der Waals surface area contributed by atoms with Crippen LogP contribution in [0.3, 0.4) is 0 Å². The molecular formula is C15H15BrN2O5. The number of aryl methyl sites for hydroxylation is 1. The van der Waals surface area contributed by atoms with Gasteiger partial charge in [0.25, 0.3) is 11.5 Å². The predicted octanol–water partition coefficient (Wildman–Crippen LogP) is 1.30. The highest BCUT2D eigenvalue weighted by molar-refractivity contribution is 9.10. The van der Waals surface area contributed by atoms with E-state index in [-0.39, 0.29) is 0 Å². The first-order chi connectivity index (χ1) is 10.8. The van der Waals surface area contributed by atoms with Crippen LogP contribution in [0.4, 0.5) is 0 Å². The van der Waals surface area contributed by atoms with E-state index in [1.54, 1.807) is 18.2 Å². The molecule has 23 heavy (non-hydrogen) atoms. The summed E-state index contributed by atoms with van der Waals surface area (Å²) in [5.41, 5.74) is -0.611. The molecule has 1 atom stereocenters. The summed E-state index contributed by atoms with van der Waals surface area (Å²) in [7, 11) is 2.69. The third-order valence-corrected chi connectivity index (χ3v) is 3.95. The topological polar surface area (TPSA) is 97.6 Å². The minimum Gasteiger partial charge on any atom is -0.506 e. The second kappa shape index (κ2) is 6.41. The summed E-state index contributed by atoms with van der Waals surface area (Å²) in [6.45, 7) is 1.42. The van der Waals surface area contributed by atoms with Crippen molar-refractivity contribution in [1.82, 2.24) is 9.88 Å². The Labute approximate surface area is 140 Å². The molecule has 2 aromatic rings. The molecule has 1 unspecified atom stereocenters. The number of carbonyl (C=O) groups is 2. The molecule has 0 bridgehead atoms. The number of amides is 1. The lowest BCUT2D eigenvalue weighted by molar-refractivity contribution is -0.142. The van der Waals surface area contributed by atoms with E-state index in [0.29, 0.717) is 10.9 Å². The number of hydrogen-bond acceptors (Lipinski definition) is 5. The van der Waals surface area contributed by atoms with Crippen LogP contribution >= 0.6 is 15.9 Å². The van der Waals surface area contributed by atoms with Crippen LogP contribution in [0.25, 0.3) is 10.9 Å². The van der Waals surface area contributed by atoms with Crippen molar-refractivity contribution in [2.45, 2.75) is 13.0 Å². The van der Waals surface area contributed by atoms with Gasteiger partial charge in [-0.25, -0.2) is 4.79 Å². The molecule has 1 aromatic carbocycles. The number of halogens is 1. The normalized spacial score (nSPS) is 12.0. The Bertz CT molecular complexity index is 859. The lowest BCUT2D eigenvalue weighted by Gasteiger charge is -2.14. The first-order valence-electron chi connectivity index (χ1n) is 6.67. The molecule has 0 aliphatic rings. The quantitative estimate of drug-likeness (QED) is 0.779. The number of ether oxygens (including phenoxy) is 1. The van der Waals surface area contributed by atoms with Crippen molar-refractivity contribution in [3.8, 4) is 5.75 Å². The molecule has 0 spiro atoms. The molecular weight excluding hydrogens is 368 g/mol. The summed E-state index contributed by atoms with van der Waals surface area (Å²) in [6, 6.07) is 3.99. The second-order valence-electron chi connectivity index (χ2n) is 4.97. The highest BCUT2D eigenvalue weighted by Crippen LogP contribution is 2.28. The summed E-state index contributed by atoms with van der Waals surface area (Å²) in [5, 5.41) is 13.0. The molecule has 0 fully saturated rings. The van der Waals surface area contributed by atoms with E-state index in [9.17, 15) is 19.5 Å². The predicted molar refractivity (Wildman–Crippen MR) is 87.5 cm³/mol. The summed E-state index contributed by atoms with van der Waals surface area (Å²) in [5.74, 6) is -1.92. The van der Waals surface area contributed by atoms with Crippen molar-refractivity contribution in [3.63, 3.8) is 0 Å². The zero-order valence-corrected chi connectivity index (χ0v) is 14.3. The number of rotatable bonds is 3. The van der Waals surface area contributed by atoms with E-state index < -0.39 is 34.8 Å². The van der Waals surface area contributed by atoms with Crippen molar-refractivity contribution >= 4 is 38.7 Å². The fourth-order valence-electron chi connectivity index (χ4n) is 2.20. The van der Waals surface area contributed by atoms with Gasteiger partial charge >= 0.3 is 5.97 Å². The van der Waals surface area contributed by atoms with Crippen LogP contribution < -0.4 is 10.9 Å². The molecule has 0 aliphatic carbocycles. The molecule has 0 aliphatic heterocycles. The molecule has 0 saturated heterocycles. The van der Waals surface area contributed by atoms with Crippen LogP contribution in [0.15, 0.2) is 27.5 Å². The second-order valence-corrected chi connectivity index (χ2v) is 5.88. The Morgan fingerprint density at radius 3 is 2.65 bits per heavy atom. The van der Waals surface area contributed by atoms with Gasteiger partial charge in [0.15, 0.2) is 0 Å². The molecule has 1 amide bonds. The van der Waals surface area contributed by atoms with E-state index in [2.05, 4.69) is 26.0 Å². The minimum absolute atomic E-state index is 0.353. The molecule has 7 nitrogen and oxygen atoms in total. The van der Waals surface area contributed by atoms with Crippen molar-refractivity contribution in [2.75, 3.05) is 7.11 Å². The molecule has 8 heteroatoms. The van der Waals surface area contributed by atoms with Gasteiger partial charge < -0.3 is 19.7 Å². The van der Waals surface area contributed by atoms with Gasteiger partial charge in [-0.15, -0.1) is 0 Å². The standard InChI is InChI=1S/C15H15BrN2O5/c1-7(15(22)23-3)17-13(20)11-12(19)9-5-4-8(16)6-10(9)18(2)14(11)21/h4-7,19H,1-3H3,(H,17,20). The third kappa shape index (κ3) is 3.07. The van der Waals surface area contributed by atoms with Crippen LogP contribution in [0, 0.1) is 0 Å². The van der Waals surface area contributed by atoms with Crippen LogP contribution in [0.2, 0.25) is 0 Å². The third-order valence-electron chi connectivity index (χ3n) is 3.46. The summed E-state index contributed by atoms with van der Waals surface area (Å²) >= 11 is 3.29. The van der Waals surface area contributed by atoms with Crippen LogP contribution in [-0.4, -0.2) is 34.7 Å². The molecule has 0 radical (unpaired) electrons. The van der Waals surface area contributed by atoms with Gasteiger partial charge in [-0.1, -0.05) is 15.9 Å². The van der Waals surface area contributed by atoms with Crippen molar-refractivity contribution in [2.24, 2.45) is 7.05 Å². The van der Waals surface area contributed by atoms with Gasteiger partial charge in [0, 0.05) is 16.9 Å².